The molecule has 2 N–H and O–H groups in total. The van der Waals surface area contributed by atoms with Crippen LogP contribution in [0.15, 0.2) is 65.7 Å². The molecule has 0 spiro atoms. The van der Waals surface area contributed by atoms with Crippen molar-refractivity contribution in [1.29, 1.82) is 0 Å². The number of rotatable bonds is 4. The fourth-order valence-corrected chi connectivity index (χ4v) is 6.03. The Hall–Kier alpha value is -3.24. The number of nitrogens with one attached hydrogen (secondary N) is 2. The average Bonchev–Trinajstić information content (AvgIpc) is 3.69. The average molecular weight is 447 g/mol. The molecule has 1 saturated carbocycles. The Morgan fingerprint density at radius 3 is 2.24 bits per heavy atom. The van der Waals surface area contributed by atoms with E-state index in [-0.39, 0.29) is 0 Å². The molecule has 170 valence electrons. The standard InChI is InChI=1S/C30H30N4/c1-2-5-21(4-1)30-33-27-14-12-23(17-29(27)34-30)20-9-7-19(8-10-20)22-11-13-25-24(16-22)18-28(32-25)26-6-3-15-31-26/h7-14,16-17,21,26,31H,1-6,15,18H2,(H,33,34)/t26-/m0/s1. The number of H-pyrrole nitrogens is 1. The molecule has 3 heterocycles. The van der Waals surface area contributed by atoms with E-state index in [1.807, 2.05) is 0 Å². The highest BCUT2D eigenvalue weighted by molar-refractivity contribution is 5.98. The van der Waals surface area contributed by atoms with Gasteiger partial charge in [0.15, 0.2) is 0 Å². The van der Waals surface area contributed by atoms with Gasteiger partial charge in [0.2, 0.25) is 0 Å². The molecule has 2 fully saturated rings. The zero-order chi connectivity index (χ0) is 22.5. The third-order valence-corrected chi connectivity index (χ3v) is 7.97. The molecule has 1 saturated heterocycles. The summed E-state index contributed by atoms with van der Waals surface area (Å²) >= 11 is 0. The van der Waals surface area contributed by atoms with Gasteiger partial charge in [0.05, 0.1) is 16.7 Å². The van der Waals surface area contributed by atoms with Crippen LogP contribution in [0.25, 0.3) is 33.3 Å². The van der Waals surface area contributed by atoms with Gasteiger partial charge in [0.1, 0.15) is 5.82 Å². The summed E-state index contributed by atoms with van der Waals surface area (Å²) in [4.78, 5) is 13.4. The first-order chi connectivity index (χ1) is 16.8. The topological polar surface area (TPSA) is 53.1 Å². The zero-order valence-electron chi connectivity index (χ0n) is 19.5. The Balaban J connectivity index is 1.12. The molecular formula is C30H30N4. The predicted octanol–water partition coefficient (Wildman–Crippen LogP) is 6.94. The number of imidazole rings is 1. The number of hydrogen-bond donors (Lipinski definition) is 2. The third-order valence-electron chi connectivity index (χ3n) is 7.97. The van der Waals surface area contributed by atoms with Gasteiger partial charge >= 0.3 is 0 Å². The largest absolute Gasteiger partial charge is 0.342 e. The van der Waals surface area contributed by atoms with Crippen molar-refractivity contribution in [3.63, 3.8) is 0 Å². The van der Waals surface area contributed by atoms with Crippen LogP contribution < -0.4 is 5.32 Å². The molecular weight excluding hydrogens is 416 g/mol. The number of nitrogens with zero attached hydrogens (tertiary/aromatic N) is 2. The number of aromatic amines is 1. The van der Waals surface area contributed by atoms with Crippen molar-refractivity contribution in [2.75, 3.05) is 6.54 Å². The second-order valence-electron chi connectivity index (χ2n) is 10.2. The van der Waals surface area contributed by atoms with Crippen molar-refractivity contribution in [1.82, 2.24) is 15.3 Å². The van der Waals surface area contributed by atoms with E-state index in [4.69, 9.17) is 9.98 Å². The molecule has 0 unspecified atom stereocenters. The maximum absolute atomic E-state index is 4.92. The van der Waals surface area contributed by atoms with Crippen LogP contribution in [0.5, 0.6) is 0 Å². The van der Waals surface area contributed by atoms with Crippen molar-refractivity contribution in [3.8, 4) is 22.3 Å². The van der Waals surface area contributed by atoms with Gasteiger partial charge in [-0.2, -0.15) is 0 Å². The summed E-state index contributed by atoms with van der Waals surface area (Å²) in [5, 5.41) is 3.59. The molecule has 0 amide bonds. The zero-order valence-corrected chi connectivity index (χ0v) is 19.5. The minimum Gasteiger partial charge on any atom is -0.342 e. The van der Waals surface area contributed by atoms with Gasteiger partial charge in [-0.25, -0.2) is 4.98 Å². The minimum absolute atomic E-state index is 0.469. The summed E-state index contributed by atoms with van der Waals surface area (Å²) in [7, 11) is 0. The second-order valence-corrected chi connectivity index (χ2v) is 10.2. The number of benzene rings is 3. The lowest BCUT2D eigenvalue weighted by Gasteiger charge is -2.09. The molecule has 2 aliphatic heterocycles. The Bertz CT molecular complexity index is 1380. The van der Waals surface area contributed by atoms with Crippen LogP contribution in [0.2, 0.25) is 0 Å². The van der Waals surface area contributed by atoms with E-state index in [1.165, 1.54) is 77.9 Å². The second kappa shape index (κ2) is 8.21. The molecule has 3 aromatic carbocycles. The van der Waals surface area contributed by atoms with Crippen LogP contribution >= 0.6 is 0 Å². The van der Waals surface area contributed by atoms with Crippen molar-refractivity contribution >= 4 is 22.4 Å². The Labute approximate surface area is 200 Å². The van der Waals surface area contributed by atoms with E-state index < -0.39 is 0 Å². The first-order valence-corrected chi connectivity index (χ1v) is 12.8. The number of aromatic nitrogens is 2. The summed E-state index contributed by atoms with van der Waals surface area (Å²) in [6.45, 7) is 1.12. The van der Waals surface area contributed by atoms with Gasteiger partial charge in [-0.1, -0.05) is 49.2 Å². The van der Waals surface area contributed by atoms with Gasteiger partial charge < -0.3 is 10.3 Å². The smallest absolute Gasteiger partial charge is 0.110 e. The fourth-order valence-electron chi connectivity index (χ4n) is 6.03. The molecule has 4 aromatic rings. The fraction of sp³-hybridized carbons (Fsp3) is 0.333. The van der Waals surface area contributed by atoms with E-state index in [0.717, 1.165) is 29.7 Å². The van der Waals surface area contributed by atoms with Gasteiger partial charge in [-0.3, -0.25) is 4.99 Å². The summed E-state index contributed by atoms with van der Waals surface area (Å²) in [5.41, 5.74) is 11.0. The lowest BCUT2D eigenvalue weighted by molar-refractivity contribution is 0.681. The molecule has 3 aliphatic rings. The van der Waals surface area contributed by atoms with Gasteiger partial charge in [-0.05, 0) is 84.3 Å². The lowest BCUT2D eigenvalue weighted by atomic mass is 9.97. The molecule has 4 nitrogen and oxygen atoms in total. The van der Waals surface area contributed by atoms with E-state index >= 15 is 0 Å². The molecule has 0 bridgehead atoms. The Morgan fingerprint density at radius 1 is 0.735 bits per heavy atom. The van der Waals surface area contributed by atoms with Crippen LogP contribution in [-0.4, -0.2) is 28.3 Å². The van der Waals surface area contributed by atoms with Crippen LogP contribution in [0.3, 0.4) is 0 Å². The first kappa shape index (κ1) is 20.2. The molecule has 1 aliphatic carbocycles. The van der Waals surface area contributed by atoms with Crippen molar-refractivity contribution < 1.29 is 0 Å². The van der Waals surface area contributed by atoms with Gasteiger partial charge in [0, 0.05) is 24.1 Å². The Kier molecular flexibility index (Phi) is 4.87. The Morgan fingerprint density at radius 2 is 1.47 bits per heavy atom. The quantitative estimate of drug-likeness (QED) is 0.357. The summed E-state index contributed by atoms with van der Waals surface area (Å²) in [5.74, 6) is 1.78. The predicted molar refractivity (Wildman–Crippen MR) is 140 cm³/mol. The van der Waals surface area contributed by atoms with Crippen LogP contribution in [0.4, 0.5) is 5.69 Å². The van der Waals surface area contributed by atoms with Crippen molar-refractivity contribution in [3.05, 3.63) is 72.1 Å². The maximum atomic E-state index is 4.92. The lowest BCUT2D eigenvalue weighted by Crippen LogP contribution is -2.30. The van der Waals surface area contributed by atoms with Gasteiger partial charge in [-0.15, -0.1) is 0 Å². The van der Waals surface area contributed by atoms with E-state index in [0.29, 0.717) is 12.0 Å². The minimum atomic E-state index is 0.469. The number of hydrogen-bond acceptors (Lipinski definition) is 3. The highest BCUT2D eigenvalue weighted by Crippen LogP contribution is 2.35. The van der Waals surface area contributed by atoms with Crippen LogP contribution in [0, 0.1) is 0 Å². The summed E-state index contributed by atoms with van der Waals surface area (Å²) < 4.78 is 0. The summed E-state index contributed by atoms with van der Waals surface area (Å²) in [6, 6.07) is 22.8. The first-order valence-electron chi connectivity index (χ1n) is 12.8. The highest BCUT2D eigenvalue weighted by Gasteiger charge is 2.25. The number of fused-ring (bicyclic) bond motifs is 2. The molecule has 4 heteroatoms. The third kappa shape index (κ3) is 3.57. The van der Waals surface area contributed by atoms with Crippen molar-refractivity contribution in [2.24, 2.45) is 4.99 Å². The number of aliphatic imine (C=N–C) groups is 1. The van der Waals surface area contributed by atoms with Crippen LogP contribution in [-0.2, 0) is 6.42 Å². The molecule has 34 heavy (non-hydrogen) atoms. The molecule has 1 aromatic heterocycles. The van der Waals surface area contributed by atoms with Crippen LogP contribution in [0.1, 0.15) is 55.8 Å². The van der Waals surface area contributed by atoms with Crippen molar-refractivity contribution in [2.45, 2.75) is 56.9 Å². The van der Waals surface area contributed by atoms with Gasteiger partial charge in [0.25, 0.3) is 0 Å². The van der Waals surface area contributed by atoms with E-state index in [2.05, 4.69) is 71.0 Å². The van der Waals surface area contributed by atoms with E-state index in [1.54, 1.807) is 0 Å². The molecule has 7 rings (SSSR count). The monoisotopic (exact) mass is 446 g/mol. The normalized spacial score (nSPS) is 20.2. The SMILES string of the molecule is c1cc(-c2ccc3nc(C4CCCC4)[nH]c3c2)ccc1-c1ccc2c(c1)CC([C@@H]1CCCN1)=N2. The molecule has 1 atom stereocenters. The van der Waals surface area contributed by atoms with E-state index in [9.17, 15) is 0 Å². The summed E-state index contributed by atoms with van der Waals surface area (Å²) in [6.07, 6.45) is 8.64. The maximum Gasteiger partial charge on any atom is 0.110 e. The molecule has 0 radical (unpaired) electrons. The highest BCUT2D eigenvalue weighted by atomic mass is 15.0.